The molecule has 0 radical (unpaired) electrons. The number of primary amides is 1. The zero-order chi connectivity index (χ0) is 21.9. The van der Waals surface area contributed by atoms with E-state index in [1.54, 1.807) is 0 Å². The third-order valence-electron chi connectivity index (χ3n) is 3.27. The van der Waals surface area contributed by atoms with Crippen molar-refractivity contribution in [2.45, 2.75) is 37.4 Å². The molecule has 0 bridgehead atoms. The van der Waals surface area contributed by atoms with Gasteiger partial charge in [-0.1, -0.05) is 0 Å². The molecule has 28 heavy (non-hydrogen) atoms. The lowest BCUT2D eigenvalue weighted by atomic mass is 10.1. The van der Waals surface area contributed by atoms with Crippen molar-refractivity contribution in [2.75, 3.05) is 12.3 Å². The number of hydrogen-bond acceptors (Lipinski definition) is 8. The number of rotatable bonds is 13. The third kappa shape index (κ3) is 10.3. The van der Waals surface area contributed by atoms with Crippen LogP contribution in [0.2, 0.25) is 0 Å². The first-order valence-corrected chi connectivity index (χ1v) is 8.57. The number of thiol groups is 1. The summed E-state index contributed by atoms with van der Waals surface area (Å²) < 4.78 is 0. The highest BCUT2D eigenvalue weighted by atomic mass is 32.1. The second kappa shape index (κ2) is 12.5. The first-order chi connectivity index (χ1) is 13.0. The van der Waals surface area contributed by atoms with Gasteiger partial charge in [0.15, 0.2) is 0 Å². The topological polar surface area (TPSA) is 231 Å². The van der Waals surface area contributed by atoms with Gasteiger partial charge in [0.25, 0.3) is 0 Å². The minimum absolute atomic E-state index is 0.202. The Hall–Kier alpha value is -2.87. The first-order valence-electron chi connectivity index (χ1n) is 7.94. The molecule has 0 saturated carbocycles. The average molecular weight is 421 g/mol. The van der Waals surface area contributed by atoms with Gasteiger partial charge in [-0.2, -0.15) is 12.6 Å². The van der Waals surface area contributed by atoms with Gasteiger partial charge >= 0.3 is 11.9 Å². The van der Waals surface area contributed by atoms with Gasteiger partial charge in [0.05, 0.1) is 12.5 Å². The Labute approximate surface area is 165 Å². The van der Waals surface area contributed by atoms with Crippen molar-refractivity contribution >= 4 is 48.2 Å². The summed E-state index contributed by atoms with van der Waals surface area (Å²) in [5.41, 5.74) is 10.6. The number of hydrogen-bond donors (Lipinski definition) is 8. The van der Waals surface area contributed by atoms with E-state index < -0.39 is 66.7 Å². The third-order valence-corrected chi connectivity index (χ3v) is 3.64. The van der Waals surface area contributed by atoms with Gasteiger partial charge in [0.2, 0.25) is 23.6 Å². The van der Waals surface area contributed by atoms with Crippen molar-refractivity contribution in [3.8, 4) is 0 Å². The van der Waals surface area contributed by atoms with Crippen LogP contribution in [0.15, 0.2) is 0 Å². The fraction of sp³-hybridized carbons (Fsp3) is 0.571. The van der Waals surface area contributed by atoms with Gasteiger partial charge in [-0.25, -0.2) is 0 Å². The standard InChI is InChI=1S/C14H23N5O8S/c15-6(1-2-10(21)22)12(25)18-7(3-9(16)20)14(27)19-8(5-28)13(26)17-4-11(23)24/h6-8,28H,1-5,15H2,(H2,16,20)(H,17,26)(H,18,25)(H,19,27)(H,21,22)(H,23,24). The molecule has 0 fully saturated rings. The first kappa shape index (κ1) is 25.1. The predicted molar refractivity (Wildman–Crippen MR) is 97.0 cm³/mol. The molecule has 0 aromatic heterocycles. The fourth-order valence-corrected chi connectivity index (χ4v) is 2.11. The summed E-state index contributed by atoms with van der Waals surface area (Å²) in [4.78, 5) is 68.3. The minimum Gasteiger partial charge on any atom is -0.481 e. The monoisotopic (exact) mass is 421 g/mol. The van der Waals surface area contributed by atoms with Gasteiger partial charge in [0.1, 0.15) is 18.6 Å². The number of carbonyl (C=O) groups excluding carboxylic acids is 4. The van der Waals surface area contributed by atoms with Crippen LogP contribution in [0.1, 0.15) is 19.3 Å². The molecule has 0 aromatic rings. The lowest BCUT2D eigenvalue weighted by molar-refractivity contribution is -0.139. The van der Waals surface area contributed by atoms with E-state index in [2.05, 4.69) is 23.3 Å². The van der Waals surface area contributed by atoms with Crippen molar-refractivity contribution in [2.24, 2.45) is 11.5 Å². The summed E-state index contributed by atoms with van der Waals surface area (Å²) in [7, 11) is 0. The van der Waals surface area contributed by atoms with Gasteiger partial charge in [-0.05, 0) is 6.42 Å². The highest BCUT2D eigenvalue weighted by molar-refractivity contribution is 7.80. The molecule has 0 aliphatic carbocycles. The van der Waals surface area contributed by atoms with E-state index in [0.717, 1.165) is 0 Å². The second-order valence-corrected chi connectivity index (χ2v) is 5.99. The van der Waals surface area contributed by atoms with Crippen molar-refractivity contribution in [3.05, 3.63) is 0 Å². The number of amides is 4. The molecule has 0 aliphatic rings. The molecular weight excluding hydrogens is 398 g/mol. The van der Waals surface area contributed by atoms with Crippen molar-refractivity contribution < 1.29 is 39.0 Å². The van der Waals surface area contributed by atoms with E-state index in [9.17, 15) is 28.8 Å². The molecule has 0 aliphatic heterocycles. The summed E-state index contributed by atoms with van der Waals surface area (Å²) in [5, 5.41) is 23.6. The summed E-state index contributed by atoms with van der Waals surface area (Å²) in [6.45, 7) is -0.682. The molecule has 0 aromatic carbocycles. The van der Waals surface area contributed by atoms with Crippen LogP contribution in [-0.2, 0) is 28.8 Å². The van der Waals surface area contributed by atoms with Crippen LogP contribution in [0.4, 0.5) is 0 Å². The smallest absolute Gasteiger partial charge is 0.322 e. The predicted octanol–water partition coefficient (Wildman–Crippen LogP) is -3.85. The molecule has 0 rings (SSSR count). The number of carbonyl (C=O) groups is 6. The van der Waals surface area contributed by atoms with E-state index in [1.807, 2.05) is 5.32 Å². The van der Waals surface area contributed by atoms with Crippen LogP contribution in [0.25, 0.3) is 0 Å². The minimum atomic E-state index is -1.48. The normalized spacial score (nSPS) is 13.5. The molecule has 0 heterocycles. The molecule has 158 valence electrons. The molecular formula is C14H23N5O8S. The van der Waals surface area contributed by atoms with E-state index in [1.165, 1.54) is 0 Å². The number of carboxylic acids is 2. The zero-order valence-corrected chi connectivity index (χ0v) is 15.6. The molecule has 14 heteroatoms. The quantitative estimate of drug-likeness (QED) is 0.136. The second-order valence-electron chi connectivity index (χ2n) is 5.63. The summed E-state index contributed by atoms with van der Waals surface area (Å²) in [6.07, 6.45) is -1.20. The Kier molecular flexibility index (Phi) is 11.2. The van der Waals surface area contributed by atoms with Gasteiger partial charge in [-0.3, -0.25) is 28.8 Å². The maximum absolute atomic E-state index is 12.3. The molecule has 3 unspecified atom stereocenters. The van der Waals surface area contributed by atoms with E-state index in [-0.39, 0.29) is 18.6 Å². The number of nitrogens with one attached hydrogen (secondary N) is 3. The highest BCUT2D eigenvalue weighted by Crippen LogP contribution is 2.00. The van der Waals surface area contributed by atoms with Gasteiger partial charge in [-0.15, -0.1) is 0 Å². The largest absolute Gasteiger partial charge is 0.481 e. The molecule has 4 amide bonds. The van der Waals surface area contributed by atoms with Crippen LogP contribution >= 0.6 is 12.6 Å². The van der Waals surface area contributed by atoms with Gasteiger partial charge in [0, 0.05) is 12.2 Å². The van der Waals surface area contributed by atoms with Crippen LogP contribution in [0, 0.1) is 0 Å². The maximum Gasteiger partial charge on any atom is 0.322 e. The number of carboxylic acid groups (broad SMARTS) is 2. The van der Waals surface area contributed by atoms with Crippen molar-refractivity contribution in [1.29, 1.82) is 0 Å². The van der Waals surface area contributed by atoms with E-state index in [4.69, 9.17) is 21.7 Å². The van der Waals surface area contributed by atoms with Crippen LogP contribution in [-0.4, -0.2) is 76.2 Å². The maximum atomic E-state index is 12.3. The van der Waals surface area contributed by atoms with Gasteiger partial charge < -0.3 is 37.6 Å². The van der Waals surface area contributed by atoms with Crippen molar-refractivity contribution in [1.82, 2.24) is 16.0 Å². The van der Waals surface area contributed by atoms with Crippen molar-refractivity contribution in [3.63, 3.8) is 0 Å². The Morgan fingerprint density at radius 1 is 0.893 bits per heavy atom. The number of aliphatic carboxylic acids is 2. The Bertz CT molecular complexity index is 629. The average Bonchev–Trinajstić information content (AvgIpc) is 2.60. The highest BCUT2D eigenvalue weighted by Gasteiger charge is 2.29. The Balaban J connectivity index is 5.01. The SMILES string of the molecule is NC(=O)CC(NC(=O)C(N)CCC(=O)O)C(=O)NC(CS)C(=O)NCC(=O)O. The molecule has 13 nitrogen and oxygen atoms in total. The lowest BCUT2D eigenvalue weighted by Gasteiger charge is -2.22. The lowest BCUT2D eigenvalue weighted by Crippen LogP contribution is -2.57. The summed E-state index contributed by atoms with van der Waals surface area (Å²) >= 11 is 3.88. The van der Waals surface area contributed by atoms with Crippen LogP contribution in [0.5, 0.6) is 0 Å². The Morgan fingerprint density at radius 3 is 1.93 bits per heavy atom. The zero-order valence-electron chi connectivity index (χ0n) is 14.7. The summed E-state index contributed by atoms with van der Waals surface area (Å²) in [5.74, 6) is -6.29. The molecule has 9 N–H and O–H groups in total. The molecule has 3 atom stereocenters. The number of nitrogens with two attached hydrogens (primary N) is 2. The van der Waals surface area contributed by atoms with E-state index >= 15 is 0 Å². The van der Waals surface area contributed by atoms with Crippen LogP contribution < -0.4 is 27.4 Å². The molecule has 0 spiro atoms. The Morgan fingerprint density at radius 2 is 1.46 bits per heavy atom. The van der Waals surface area contributed by atoms with E-state index in [0.29, 0.717) is 0 Å². The summed E-state index contributed by atoms with van der Waals surface area (Å²) in [6, 6.07) is -3.97. The van der Waals surface area contributed by atoms with Crippen LogP contribution in [0.3, 0.4) is 0 Å². The molecule has 0 saturated heterocycles. The fourth-order valence-electron chi connectivity index (χ4n) is 1.85.